The second kappa shape index (κ2) is 7.02. The molecule has 0 bridgehead atoms. The fourth-order valence-electron chi connectivity index (χ4n) is 2.94. The van der Waals surface area contributed by atoms with Crippen molar-refractivity contribution in [1.82, 2.24) is 4.90 Å². The molecule has 0 unspecified atom stereocenters. The van der Waals surface area contributed by atoms with E-state index in [-0.39, 0.29) is 24.8 Å². The summed E-state index contributed by atoms with van der Waals surface area (Å²) in [6.45, 7) is 0.847. The summed E-state index contributed by atoms with van der Waals surface area (Å²) >= 11 is 6.06. The van der Waals surface area contributed by atoms with Gasteiger partial charge in [-0.05, 0) is 29.7 Å². The summed E-state index contributed by atoms with van der Waals surface area (Å²) in [5, 5.41) is 0.638. The molecular weight excluding hydrogens is 312 g/mol. The smallest absolute Gasteiger partial charge is 0.410 e. The molecule has 1 aliphatic heterocycles. The van der Waals surface area contributed by atoms with Gasteiger partial charge in [-0.25, -0.2) is 4.79 Å². The van der Waals surface area contributed by atoms with Crippen molar-refractivity contribution in [2.24, 2.45) is 5.73 Å². The quantitative estimate of drug-likeness (QED) is 0.932. The third-order valence-electron chi connectivity index (χ3n) is 4.07. The van der Waals surface area contributed by atoms with Gasteiger partial charge in [-0.2, -0.15) is 0 Å². The van der Waals surface area contributed by atoms with Gasteiger partial charge in [-0.1, -0.05) is 54.1 Å². The molecule has 1 fully saturated rings. The molecule has 1 heterocycles. The standard InChI is InChI=1S/C18H19ClN2O2/c19-15-8-4-7-14(11-15)17-16(20)9-10-21(17)18(22)23-12-13-5-2-1-3-6-13/h1-8,11,16-17H,9-10,12,20H2/t16-,17+/m1/s1. The molecule has 0 aliphatic carbocycles. The normalized spacial score (nSPS) is 20.5. The molecular formula is C18H19ClN2O2. The Morgan fingerprint density at radius 3 is 2.74 bits per heavy atom. The Labute approximate surface area is 140 Å². The highest BCUT2D eigenvalue weighted by atomic mass is 35.5. The Balaban J connectivity index is 1.71. The predicted octanol–water partition coefficient (Wildman–Crippen LogP) is 3.75. The molecule has 0 saturated carbocycles. The minimum absolute atomic E-state index is 0.113. The van der Waals surface area contributed by atoms with Gasteiger partial charge >= 0.3 is 6.09 Å². The number of nitrogens with two attached hydrogens (primary N) is 1. The van der Waals surface area contributed by atoms with E-state index in [2.05, 4.69) is 0 Å². The first kappa shape index (κ1) is 15.8. The van der Waals surface area contributed by atoms with Crippen molar-refractivity contribution in [1.29, 1.82) is 0 Å². The van der Waals surface area contributed by atoms with Gasteiger partial charge in [0.15, 0.2) is 0 Å². The fourth-order valence-corrected chi connectivity index (χ4v) is 3.14. The van der Waals surface area contributed by atoms with E-state index in [0.29, 0.717) is 11.6 Å². The lowest BCUT2D eigenvalue weighted by molar-refractivity contribution is 0.0908. The average molecular weight is 331 g/mol. The SMILES string of the molecule is N[C@@H]1CCN(C(=O)OCc2ccccc2)[C@H]1c1cccc(Cl)c1. The van der Waals surface area contributed by atoms with Crippen molar-refractivity contribution < 1.29 is 9.53 Å². The van der Waals surface area contributed by atoms with Crippen LogP contribution in [0, 0.1) is 0 Å². The third-order valence-corrected chi connectivity index (χ3v) is 4.31. The number of benzene rings is 2. The number of nitrogens with zero attached hydrogens (tertiary/aromatic N) is 1. The molecule has 5 heteroatoms. The first-order chi connectivity index (χ1) is 11.1. The molecule has 4 nitrogen and oxygen atoms in total. The first-order valence-electron chi connectivity index (χ1n) is 7.63. The second-order valence-electron chi connectivity index (χ2n) is 5.69. The zero-order valence-corrected chi connectivity index (χ0v) is 13.4. The topological polar surface area (TPSA) is 55.6 Å². The zero-order valence-electron chi connectivity index (χ0n) is 12.7. The van der Waals surface area contributed by atoms with Crippen LogP contribution in [0.15, 0.2) is 54.6 Å². The number of halogens is 1. The van der Waals surface area contributed by atoms with Crippen molar-refractivity contribution in [2.75, 3.05) is 6.54 Å². The van der Waals surface area contributed by atoms with E-state index in [0.717, 1.165) is 17.5 Å². The first-order valence-corrected chi connectivity index (χ1v) is 8.01. The molecule has 2 aromatic carbocycles. The van der Waals surface area contributed by atoms with Gasteiger partial charge < -0.3 is 10.5 Å². The Hall–Kier alpha value is -2.04. The van der Waals surface area contributed by atoms with Gasteiger partial charge in [0.2, 0.25) is 0 Å². The van der Waals surface area contributed by atoms with Gasteiger partial charge in [-0.3, -0.25) is 4.90 Å². The number of hydrogen-bond donors (Lipinski definition) is 1. The van der Waals surface area contributed by atoms with E-state index in [4.69, 9.17) is 22.1 Å². The number of amides is 1. The number of rotatable bonds is 3. The largest absolute Gasteiger partial charge is 0.445 e. The molecule has 0 radical (unpaired) electrons. The summed E-state index contributed by atoms with van der Waals surface area (Å²) in [6.07, 6.45) is 0.407. The van der Waals surface area contributed by atoms with Crippen molar-refractivity contribution in [2.45, 2.75) is 25.1 Å². The Bertz CT molecular complexity index is 678. The highest BCUT2D eigenvalue weighted by molar-refractivity contribution is 6.30. The number of likely N-dealkylation sites (tertiary alicyclic amines) is 1. The van der Waals surface area contributed by atoms with Gasteiger partial charge in [0.05, 0.1) is 6.04 Å². The molecule has 1 amide bonds. The van der Waals surface area contributed by atoms with Crippen molar-refractivity contribution in [3.63, 3.8) is 0 Å². The molecule has 1 aliphatic rings. The predicted molar refractivity (Wildman–Crippen MR) is 90.1 cm³/mol. The Morgan fingerprint density at radius 2 is 2.00 bits per heavy atom. The van der Waals surface area contributed by atoms with Crippen molar-refractivity contribution in [3.8, 4) is 0 Å². The number of ether oxygens (including phenoxy) is 1. The van der Waals surface area contributed by atoms with E-state index < -0.39 is 0 Å². The van der Waals surface area contributed by atoms with Crippen LogP contribution in [0.3, 0.4) is 0 Å². The number of carbonyl (C=O) groups is 1. The minimum atomic E-state index is -0.341. The van der Waals surface area contributed by atoms with E-state index in [9.17, 15) is 4.79 Å². The van der Waals surface area contributed by atoms with Crippen molar-refractivity contribution >= 4 is 17.7 Å². The van der Waals surface area contributed by atoms with Crippen molar-refractivity contribution in [3.05, 3.63) is 70.7 Å². The van der Waals surface area contributed by atoms with Crippen LogP contribution in [0.25, 0.3) is 0 Å². The summed E-state index contributed by atoms with van der Waals surface area (Å²) < 4.78 is 5.44. The number of hydrogen-bond acceptors (Lipinski definition) is 3. The molecule has 0 spiro atoms. The fraction of sp³-hybridized carbons (Fsp3) is 0.278. The summed E-state index contributed by atoms with van der Waals surface area (Å²) in [5.41, 5.74) is 8.11. The lowest BCUT2D eigenvalue weighted by atomic mass is 10.0. The van der Waals surface area contributed by atoms with Gasteiger partial charge in [-0.15, -0.1) is 0 Å². The highest BCUT2D eigenvalue weighted by Crippen LogP contribution is 2.32. The van der Waals surface area contributed by atoms with Crippen LogP contribution in [-0.2, 0) is 11.3 Å². The van der Waals surface area contributed by atoms with E-state index in [1.807, 2.05) is 54.6 Å². The summed E-state index contributed by atoms with van der Waals surface area (Å²) in [4.78, 5) is 14.1. The summed E-state index contributed by atoms with van der Waals surface area (Å²) in [7, 11) is 0. The second-order valence-corrected chi connectivity index (χ2v) is 6.12. The molecule has 120 valence electrons. The maximum Gasteiger partial charge on any atom is 0.410 e. The molecule has 0 aromatic heterocycles. The van der Waals surface area contributed by atoms with Gasteiger partial charge in [0.1, 0.15) is 6.61 Å². The monoisotopic (exact) mass is 330 g/mol. The molecule has 1 saturated heterocycles. The maximum atomic E-state index is 12.4. The van der Waals surface area contributed by atoms with Gasteiger partial charge in [0, 0.05) is 17.6 Å². The van der Waals surface area contributed by atoms with Crippen LogP contribution in [0.2, 0.25) is 5.02 Å². The van der Waals surface area contributed by atoms with Gasteiger partial charge in [0.25, 0.3) is 0 Å². The van der Waals surface area contributed by atoms with Crippen LogP contribution in [0.1, 0.15) is 23.6 Å². The lowest BCUT2D eigenvalue weighted by Gasteiger charge is -2.26. The third kappa shape index (κ3) is 3.66. The maximum absolute atomic E-state index is 12.4. The molecule has 2 atom stereocenters. The zero-order chi connectivity index (χ0) is 16.2. The van der Waals surface area contributed by atoms with Crippen LogP contribution >= 0.6 is 11.6 Å². The number of carbonyl (C=O) groups excluding carboxylic acids is 1. The summed E-state index contributed by atoms with van der Waals surface area (Å²) in [6, 6.07) is 16.8. The Kier molecular flexibility index (Phi) is 4.84. The molecule has 3 rings (SSSR count). The van der Waals surface area contributed by atoms with E-state index >= 15 is 0 Å². The van der Waals surface area contributed by atoms with Crippen LogP contribution in [-0.4, -0.2) is 23.6 Å². The molecule has 23 heavy (non-hydrogen) atoms. The van der Waals surface area contributed by atoms with E-state index in [1.165, 1.54) is 0 Å². The Morgan fingerprint density at radius 1 is 1.22 bits per heavy atom. The lowest BCUT2D eigenvalue weighted by Crippen LogP contribution is -2.36. The van der Waals surface area contributed by atoms with Crippen LogP contribution < -0.4 is 5.73 Å². The highest BCUT2D eigenvalue weighted by Gasteiger charge is 2.37. The molecule has 2 aromatic rings. The molecule has 2 N–H and O–H groups in total. The van der Waals surface area contributed by atoms with Crippen LogP contribution in [0.4, 0.5) is 4.79 Å². The van der Waals surface area contributed by atoms with E-state index in [1.54, 1.807) is 4.90 Å². The van der Waals surface area contributed by atoms with Crippen LogP contribution in [0.5, 0.6) is 0 Å². The average Bonchev–Trinajstić information content (AvgIpc) is 2.95. The minimum Gasteiger partial charge on any atom is -0.445 e. The summed E-state index contributed by atoms with van der Waals surface area (Å²) in [5.74, 6) is 0.